The van der Waals surface area contributed by atoms with Crippen LogP contribution in [0.1, 0.15) is 103 Å². The van der Waals surface area contributed by atoms with Crippen LogP contribution in [0.5, 0.6) is 0 Å². The van der Waals surface area contributed by atoms with Crippen molar-refractivity contribution >= 4 is 5.97 Å². The zero-order valence-electron chi connectivity index (χ0n) is 18.8. The maximum Gasteiger partial charge on any atom is 0.437 e. The van der Waals surface area contributed by atoms with Gasteiger partial charge in [-0.3, -0.25) is 0 Å². The minimum atomic E-state index is -6.20. The average molecular weight is 477 g/mol. The molecule has 0 radical (unpaired) electrons. The summed E-state index contributed by atoms with van der Waals surface area (Å²) in [5.74, 6) is -2.73. The predicted molar refractivity (Wildman–Crippen MR) is 112 cm³/mol. The third kappa shape index (κ3) is 12.1. The summed E-state index contributed by atoms with van der Waals surface area (Å²) in [6.45, 7) is 3.12. The van der Waals surface area contributed by atoms with Gasteiger partial charge in [-0.1, -0.05) is 89.5 Å². The van der Waals surface area contributed by atoms with Crippen LogP contribution in [0, 0.1) is 0 Å². The number of carbonyl (C=O) groups is 1. The molecular formula is C23H38F6O3. The SMILES string of the molecule is C=CCCCCCCCCCCCCCCCCCOC(=O)C(O)(C(F)(F)F)C(F)(F)F. The second-order valence-corrected chi connectivity index (χ2v) is 8.22. The van der Waals surface area contributed by atoms with Crippen molar-refractivity contribution in [1.29, 1.82) is 0 Å². The number of alkyl halides is 6. The van der Waals surface area contributed by atoms with Gasteiger partial charge in [-0.15, -0.1) is 6.58 Å². The van der Waals surface area contributed by atoms with Crippen LogP contribution in [0.4, 0.5) is 26.3 Å². The molecule has 0 aliphatic carbocycles. The third-order valence-electron chi connectivity index (χ3n) is 5.40. The number of unbranched alkanes of at least 4 members (excludes halogenated alkanes) is 15. The normalized spacial score (nSPS) is 12.7. The Morgan fingerprint density at radius 1 is 0.656 bits per heavy atom. The summed E-state index contributed by atoms with van der Waals surface area (Å²) >= 11 is 0. The predicted octanol–water partition coefficient (Wildman–Crippen LogP) is 7.81. The Bertz CT molecular complexity index is 489. The first-order chi connectivity index (χ1) is 15.0. The lowest BCUT2D eigenvalue weighted by Crippen LogP contribution is -2.63. The summed E-state index contributed by atoms with van der Waals surface area (Å²) in [5, 5.41) is 8.87. The van der Waals surface area contributed by atoms with Crippen LogP contribution in [0.3, 0.4) is 0 Å². The Labute approximate surface area is 187 Å². The zero-order chi connectivity index (χ0) is 24.5. The number of rotatable bonds is 19. The summed E-state index contributed by atoms with van der Waals surface area (Å²) in [6, 6.07) is 0. The van der Waals surface area contributed by atoms with E-state index in [0.717, 1.165) is 38.5 Å². The lowest BCUT2D eigenvalue weighted by molar-refractivity contribution is -0.356. The molecular weight excluding hydrogens is 438 g/mol. The van der Waals surface area contributed by atoms with Gasteiger partial charge >= 0.3 is 23.9 Å². The fraction of sp³-hybridized carbons (Fsp3) is 0.870. The summed E-state index contributed by atoms with van der Waals surface area (Å²) < 4.78 is 79.1. The molecule has 190 valence electrons. The summed E-state index contributed by atoms with van der Waals surface area (Å²) in [6.07, 6.45) is 6.33. The van der Waals surface area contributed by atoms with Crippen LogP contribution in [-0.4, -0.2) is 35.6 Å². The number of allylic oxidation sites excluding steroid dienone is 1. The molecule has 0 aliphatic heterocycles. The fourth-order valence-corrected chi connectivity index (χ4v) is 3.35. The highest BCUT2D eigenvalue weighted by Gasteiger charge is 2.76. The van der Waals surface area contributed by atoms with Gasteiger partial charge in [0.1, 0.15) is 0 Å². The van der Waals surface area contributed by atoms with E-state index < -0.39 is 30.5 Å². The number of hydrogen-bond acceptors (Lipinski definition) is 3. The van der Waals surface area contributed by atoms with Crippen molar-refractivity contribution in [2.45, 2.75) is 121 Å². The molecule has 0 unspecified atom stereocenters. The molecule has 32 heavy (non-hydrogen) atoms. The lowest BCUT2D eigenvalue weighted by Gasteiger charge is -2.29. The van der Waals surface area contributed by atoms with Crippen molar-refractivity contribution in [3.05, 3.63) is 12.7 Å². The molecule has 0 aromatic rings. The molecule has 0 saturated heterocycles. The highest BCUT2D eigenvalue weighted by atomic mass is 19.4. The number of hydrogen-bond donors (Lipinski definition) is 1. The van der Waals surface area contributed by atoms with Gasteiger partial charge in [0.15, 0.2) is 0 Å². The maximum absolute atomic E-state index is 12.5. The topological polar surface area (TPSA) is 46.5 Å². The van der Waals surface area contributed by atoms with Crippen molar-refractivity contribution in [1.82, 2.24) is 0 Å². The van der Waals surface area contributed by atoms with Crippen molar-refractivity contribution in [2.75, 3.05) is 6.61 Å². The van der Waals surface area contributed by atoms with E-state index in [1.165, 1.54) is 51.4 Å². The second kappa shape index (κ2) is 16.4. The van der Waals surface area contributed by atoms with Crippen LogP contribution in [0.15, 0.2) is 12.7 Å². The van der Waals surface area contributed by atoms with Gasteiger partial charge in [-0.2, -0.15) is 26.3 Å². The molecule has 0 heterocycles. The quantitative estimate of drug-likeness (QED) is 0.0895. The van der Waals surface area contributed by atoms with Crippen LogP contribution < -0.4 is 0 Å². The fourth-order valence-electron chi connectivity index (χ4n) is 3.35. The average Bonchev–Trinajstić information content (AvgIpc) is 2.70. The lowest BCUT2D eigenvalue weighted by atomic mass is 10.0. The molecule has 1 N–H and O–H groups in total. The van der Waals surface area contributed by atoms with E-state index in [9.17, 15) is 31.1 Å². The summed E-state index contributed by atoms with van der Waals surface area (Å²) in [4.78, 5) is 11.2. The van der Waals surface area contributed by atoms with Crippen LogP contribution in [0.2, 0.25) is 0 Å². The standard InChI is InChI=1S/C23H38F6O3/c1-2-3-4-5-6-7-8-9-10-11-12-13-14-15-16-17-18-19-32-20(30)21(31,22(24,25)26)23(27,28)29/h2,31H,1,3-19H2. The molecule has 0 aromatic carbocycles. The Hall–Kier alpha value is -1.25. The van der Waals surface area contributed by atoms with E-state index in [1.807, 2.05) is 6.08 Å². The van der Waals surface area contributed by atoms with E-state index in [0.29, 0.717) is 6.42 Å². The van der Waals surface area contributed by atoms with Gasteiger partial charge in [0.05, 0.1) is 6.61 Å². The number of esters is 1. The molecule has 0 rings (SSSR count). The summed E-state index contributed by atoms with van der Waals surface area (Å²) in [5.41, 5.74) is -5.49. The molecule has 9 heteroatoms. The van der Waals surface area contributed by atoms with Gasteiger partial charge in [0, 0.05) is 0 Å². The Morgan fingerprint density at radius 2 is 0.969 bits per heavy atom. The van der Waals surface area contributed by atoms with Crippen molar-refractivity contribution < 1.29 is 41.0 Å². The molecule has 0 amide bonds. The van der Waals surface area contributed by atoms with E-state index >= 15 is 0 Å². The van der Waals surface area contributed by atoms with Crippen LogP contribution in [-0.2, 0) is 9.53 Å². The van der Waals surface area contributed by atoms with Gasteiger partial charge in [0.25, 0.3) is 0 Å². The highest BCUT2D eigenvalue weighted by Crippen LogP contribution is 2.43. The molecule has 0 aliphatic rings. The van der Waals surface area contributed by atoms with Crippen molar-refractivity contribution in [2.24, 2.45) is 0 Å². The van der Waals surface area contributed by atoms with Gasteiger partial charge < -0.3 is 9.84 Å². The van der Waals surface area contributed by atoms with E-state index in [4.69, 9.17) is 5.11 Å². The second-order valence-electron chi connectivity index (χ2n) is 8.22. The van der Waals surface area contributed by atoms with Crippen LogP contribution >= 0.6 is 0 Å². The number of carbonyl (C=O) groups excluding carboxylic acids is 1. The molecule has 0 saturated carbocycles. The Balaban J connectivity index is 3.62. The van der Waals surface area contributed by atoms with Crippen molar-refractivity contribution in [3.8, 4) is 0 Å². The van der Waals surface area contributed by atoms with E-state index in [-0.39, 0.29) is 6.42 Å². The van der Waals surface area contributed by atoms with Gasteiger partial charge in [-0.05, 0) is 19.3 Å². The van der Waals surface area contributed by atoms with E-state index in [2.05, 4.69) is 11.3 Å². The number of halogens is 6. The molecule has 0 fully saturated rings. The van der Waals surface area contributed by atoms with Gasteiger partial charge in [0.2, 0.25) is 0 Å². The third-order valence-corrected chi connectivity index (χ3v) is 5.40. The minimum Gasteiger partial charge on any atom is -0.463 e. The molecule has 3 nitrogen and oxygen atoms in total. The first kappa shape index (κ1) is 30.8. The molecule has 0 aromatic heterocycles. The monoisotopic (exact) mass is 476 g/mol. The van der Waals surface area contributed by atoms with Crippen LogP contribution in [0.25, 0.3) is 0 Å². The Kier molecular flexibility index (Phi) is 15.7. The van der Waals surface area contributed by atoms with Crippen molar-refractivity contribution in [3.63, 3.8) is 0 Å². The van der Waals surface area contributed by atoms with Gasteiger partial charge in [-0.25, -0.2) is 4.79 Å². The smallest absolute Gasteiger partial charge is 0.437 e. The molecule has 0 atom stereocenters. The zero-order valence-corrected chi connectivity index (χ0v) is 18.8. The first-order valence-electron chi connectivity index (χ1n) is 11.6. The first-order valence-corrected chi connectivity index (χ1v) is 11.6. The highest BCUT2D eigenvalue weighted by molar-refractivity contribution is 5.81. The number of aliphatic hydroxyl groups is 1. The maximum atomic E-state index is 12.5. The summed E-state index contributed by atoms with van der Waals surface area (Å²) in [7, 11) is 0. The molecule has 0 bridgehead atoms. The number of ether oxygens (including phenoxy) is 1. The largest absolute Gasteiger partial charge is 0.463 e. The Morgan fingerprint density at radius 3 is 1.28 bits per heavy atom. The molecule has 0 spiro atoms. The van der Waals surface area contributed by atoms with E-state index in [1.54, 1.807) is 0 Å². The minimum absolute atomic E-state index is 0.144.